The van der Waals surface area contributed by atoms with Crippen LogP contribution in [-0.4, -0.2) is 41.1 Å². The van der Waals surface area contributed by atoms with Crippen LogP contribution in [-0.2, 0) is 19.1 Å². The van der Waals surface area contributed by atoms with Gasteiger partial charge in [-0.3, -0.25) is 0 Å². The van der Waals surface area contributed by atoms with E-state index in [1.54, 1.807) is 0 Å². The second-order valence-electron chi connectivity index (χ2n) is 6.39. The Hall–Kier alpha value is -1.52. The normalized spacial score (nSPS) is 24.9. The Morgan fingerprint density at radius 3 is 2.43 bits per heavy atom. The molecule has 0 aromatic carbocycles. The van der Waals surface area contributed by atoms with E-state index >= 15 is 0 Å². The number of fused-ring (bicyclic) bond motifs is 1. The highest BCUT2D eigenvalue weighted by molar-refractivity contribution is 5.90. The Bertz CT molecular complexity index is 455. The van der Waals surface area contributed by atoms with E-state index in [1.807, 2.05) is 38.8 Å². The summed E-state index contributed by atoms with van der Waals surface area (Å²) in [6.45, 7) is 8.17. The second kappa shape index (κ2) is 6.08. The monoisotopic (exact) mass is 295 g/mol. The zero-order valence-corrected chi connectivity index (χ0v) is 13.3. The number of rotatable bonds is 4. The zero-order chi connectivity index (χ0) is 15.6. The molecule has 0 amide bonds. The van der Waals surface area contributed by atoms with Crippen LogP contribution in [0.4, 0.5) is 0 Å². The van der Waals surface area contributed by atoms with Crippen molar-refractivity contribution < 1.29 is 19.1 Å². The van der Waals surface area contributed by atoms with Gasteiger partial charge in [0.2, 0.25) is 0 Å². The van der Waals surface area contributed by atoms with E-state index in [0.29, 0.717) is 18.4 Å². The number of ether oxygens (including phenoxy) is 2. The number of hydrogen-bond acceptors (Lipinski definition) is 5. The first-order chi connectivity index (χ1) is 9.85. The van der Waals surface area contributed by atoms with Crippen LogP contribution in [0.3, 0.4) is 0 Å². The lowest BCUT2D eigenvalue weighted by Crippen LogP contribution is -2.51. The zero-order valence-electron chi connectivity index (χ0n) is 13.3. The van der Waals surface area contributed by atoms with Crippen molar-refractivity contribution in [1.82, 2.24) is 4.90 Å². The van der Waals surface area contributed by atoms with Crippen molar-refractivity contribution >= 4 is 11.9 Å². The molecule has 1 atom stereocenters. The fourth-order valence-corrected chi connectivity index (χ4v) is 3.04. The van der Waals surface area contributed by atoms with Crippen molar-refractivity contribution in [2.75, 3.05) is 6.54 Å². The summed E-state index contributed by atoms with van der Waals surface area (Å²) < 4.78 is 10.7. The van der Waals surface area contributed by atoms with Gasteiger partial charge in [0.25, 0.3) is 0 Å². The van der Waals surface area contributed by atoms with Crippen LogP contribution in [0.15, 0.2) is 11.8 Å². The lowest BCUT2D eigenvalue weighted by Gasteiger charge is -2.39. The van der Waals surface area contributed by atoms with Gasteiger partial charge in [0.05, 0.1) is 17.8 Å². The molecule has 21 heavy (non-hydrogen) atoms. The molecule has 0 saturated carbocycles. The highest BCUT2D eigenvalue weighted by Crippen LogP contribution is 2.40. The smallest absolute Gasteiger partial charge is 0.335 e. The van der Waals surface area contributed by atoms with E-state index in [-0.39, 0.29) is 24.1 Å². The maximum atomic E-state index is 12.5. The SMILES string of the molecule is CC(C)OC(=O)C1=CN2CCC[C@]2(C(=O)OC(C)C)CC1. The van der Waals surface area contributed by atoms with Crippen LogP contribution in [0.5, 0.6) is 0 Å². The first-order valence-corrected chi connectivity index (χ1v) is 7.74. The number of carbonyl (C=O) groups excluding carboxylic acids is 2. The van der Waals surface area contributed by atoms with Crippen LogP contribution < -0.4 is 0 Å². The summed E-state index contributed by atoms with van der Waals surface area (Å²) in [5.41, 5.74) is 0.0740. The number of esters is 2. The lowest BCUT2D eigenvalue weighted by atomic mass is 9.86. The maximum absolute atomic E-state index is 12.5. The third-order valence-corrected chi connectivity index (χ3v) is 3.99. The summed E-state index contributed by atoms with van der Waals surface area (Å²) >= 11 is 0. The molecular weight excluding hydrogens is 270 g/mol. The molecule has 5 heteroatoms. The van der Waals surface area contributed by atoms with Gasteiger partial charge in [-0.05, 0) is 53.4 Å². The molecule has 118 valence electrons. The molecule has 2 aliphatic rings. The highest BCUT2D eigenvalue weighted by atomic mass is 16.5. The molecule has 0 bridgehead atoms. The molecule has 0 radical (unpaired) electrons. The average molecular weight is 295 g/mol. The van der Waals surface area contributed by atoms with Gasteiger partial charge in [-0.2, -0.15) is 0 Å². The molecule has 0 aromatic heterocycles. The quantitative estimate of drug-likeness (QED) is 0.745. The van der Waals surface area contributed by atoms with Gasteiger partial charge in [-0.25, -0.2) is 9.59 Å². The molecule has 0 unspecified atom stereocenters. The van der Waals surface area contributed by atoms with Crippen LogP contribution in [0.2, 0.25) is 0 Å². The van der Waals surface area contributed by atoms with E-state index in [1.165, 1.54) is 0 Å². The fraction of sp³-hybridized carbons (Fsp3) is 0.750. The molecule has 1 fully saturated rings. The van der Waals surface area contributed by atoms with E-state index < -0.39 is 5.54 Å². The van der Waals surface area contributed by atoms with Gasteiger partial charge < -0.3 is 14.4 Å². The summed E-state index contributed by atoms with van der Waals surface area (Å²) in [5.74, 6) is -0.440. The Kier molecular flexibility index (Phi) is 4.59. The molecule has 2 aliphatic heterocycles. The molecule has 0 aromatic rings. The van der Waals surface area contributed by atoms with Crippen molar-refractivity contribution in [1.29, 1.82) is 0 Å². The predicted octanol–water partition coefficient (Wildman–Crippen LogP) is 2.40. The van der Waals surface area contributed by atoms with Gasteiger partial charge in [0.1, 0.15) is 5.54 Å². The first-order valence-electron chi connectivity index (χ1n) is 7.74. The lowest BCUT2D eigenvalue weighted by molar-refractivity contribution is -0.160. The largest absolute Gasteiger partial charge is 0.461 e. The summed E-state index contributed by atoms with van der Waals surface area (Å²) in [5, 5.41) is 0. The van der Waals surface area contributed by atoms with Gasteiger partial charge in [-0.15, -0.1) is 0 Å². The summed E-state index contributed by atoms with van der Waals surface area (Å²) in [6, 6.07) is 0. The Morgan fingerprint density at radius 1 is 1.14 bits per heavy atom. The Morgan fingerprint density at radius 2 is 1.81 bits per heavy atom. The maximum Gasteiger partial charge on any atom is 0.335 e. The summed E-state index contributed by atoms with van der Waals surface area (Å²) in [7, 11) is 0. The molecule has 2 rings (SSSR count). The van der Waals surface area contributed by atoms with Crippen molar-refractivity contribution in [2.45, 2.75) is 71.1 Å². The Labute approximate surface area is 126 Å². The van der Waals surface area contributed by atoms with E-state index in [0.717, 1.165) is 19.4 Å². The van der Waals surface area contributed by atoms with Gasteiger partial charge >= 0.3 is 11.9 Å². The summed E-state index contributed by atoms with van der Waals surface area (Å²) in [6.07, 6.45) is 4.48. The first kappa shape index (κ1) is 15.9. The standard InChI is InChI=1S/C16H25NO4/c1-11(2)20-14(18)13-6-8-16(15(19)21-12(3)4)7-5-9-17(16)10-13/h10-12H,5-9H2,1-4H3/t16-/m1/s1. The minimum absolute atomic E-state index is 0.120. The minimum atomic E-state index is -0.577. The van der Waals surface area contributed by atoms with Gasteiger partial charge in [0.15, 0.2) is 0 Å². The Balaban J connectivity index is 2.16. The van der Waals surface area contributed by atoms with E-state index in [2.05, 4.69) is 0 Å². The van der Waals surface area contributed by atoms with Crippen LogP contribution in [0, 0.1) is 0 Å². The second-order valence-corrected chi connectivity index (χ2v) is 6.39. The number of carbonyl (C=O) groups is 2. The molecule has 5 nitrogen and oxygen atoms in total. The third kappa shape index (κ3) is 3.22. The number of hydrogen-bond donors (Lipinski definition) is 0. The van der Waals surface area contributed by atoms with Crippen LogP contribution in [0.25, 0.3) is 0 Å². The molecule has 2 heterocycles. The highest BCUT2D eigenvalue weighted by Gasteiger charge is 2.50. The molecule has 0 spiro atoms. The molecule has 0 N–H and O–H groups in total. The van der Waals surface area contributed by atoms with E-state index in [4.69, 9.17) is 9.47 Å². The average Bonchev–Trinajstić information content (AvgIpc) is 2.80. The topological polar surface area (TPSA) is 55.8 Å². The minimum Gasteiger partial charge on any atom is -0.461 e. The van der Waals surface area contributed by atoms with E-state index in [9.17, 15) is 9.59 Å². The van der Waals surface area contributed by atoms with Gasteiger partial charge in [-0.1, -0.05) is 0 Å². The van der Waals surface area contributed by atoms with Crippen molar-refractivity contribution in [3.05, 3.63) is 11.8 Å². The summed E-state index contributed by atoms with van der Waals surface area (Å²) in [4.78, 5) is 26.5. The number of nitrogens with zero attached hydrogens (tertiary/aromatic N) is 1. The predicted molar refractivity (Wildman–Crippen MR) is 78.4 cm³/mol. The van der Waals surface area contributed by atoms with Gasteiger partial charge in [0, 0.05) is 12.7 Å². The van der Waals surface area contributed by atoms with Crippen molar-refractivity contribution in [3.63, 3.8) is 0 Å². The van der Waals surface area contributed by atoms with Crippen LogP contribution in [0.1, 0.15) is 53.4 Å². The van der Waals surface area contributed by atoms with Crippen molar-refractivity contribution in [3.8, 4) is 0 Å². The fourth-order valence-electron chi connectivity index (χ4n) is 3.04. The third-order valence-electron chi connectivity index (χ3n) is 3.99. The van der Waals surface area contributed by atoms with Crippen molar-refractivity contribution in [2.24, 2.45) is 0 Å². The van der Waals surface area contributed by atoms with Crippen LogP contribution >= 0.6 is 0 Å². The molecular formula is C16H25NO4. The molecule has 0 aliphatic carbocycles. The molecule has 1 saturated heterocycles.